The van der Waals surface area contributed by atoms with Crippen molar-refractivity contribution in [2.45, 2.75) is 26.0 Å². The summed E-state index contributed by atoms with van der Waals surface area (Å²) in [5.74, 6) is 1.66. The highest BCUT2D eigenvalue weighted by Gasteiger charge is 2.32. The van der Waals surface area contributed by atoms with E-state index in [0.717, 1.165) is 28.4 Å². The highest BCUT2D eigenvalue weighted by atomic mass is 32.1. The number of rotatable bonds is 3. The number of aliphatic hydroxyl groups excluding tert-OH is 1. The van der Waals surface area contributed by atoms with E-state index < -0.39 is 6.10 Å². The van der Waals surface area contributed by atoms with Crippen LogP contribution >= 0.6 is 11.3 Å². The molecule has 19 heavy (non-hydrogen) atoms. The summed E-state index contributed by atoms with van der Waals surface area (Å²) in [4.78, 5) is 12.1. The van der Waals surface area contributed by atoms with Gasteiger partial charge in [-0.3, -0.25) is 0 Å². The first kappa shape index (κ1) is 12.8. The van der Waals surface area contributed by atoms with Gasteiger partial charge in [0.05, 0.1) is 30.7 Å². The topological polar surface area (TPSA) is 58.5 Å². The Morgan fingerprint density at radius 2 is 2.32 bits per heavy atom. The van der Waals surface area contributed by atoms with Gasteiger partial charge in [-0.2, -0.15) is 0 Å². The van der Waals surface area contributed by atoms with Crippen molar-refractivity contribution in [3.63, 3.8) is 0 Å². The second kappa shape index (κ2) is 5.03. The Hall–Kier alpha value is -1.24. The van der Waals surface area contributed by atoms with Crippen LogP contribution in [-0.2, 0) is 4.74 Å². The normalized spacial score (nSPS) is 23.1. The van der Waals surface area contributed by atoms with Crippen LogP contribution in [0.2, 0.25) is 0 Å². The van der Waals surface area contributed by atoms with Crippen LogP contribution in [-0.4, -0.2) is 47.0 Å². The number of likely N-dealkylation sites (N-methyl/N-ethyl adjacent to an activating group) is 1. The smallest absolute Gasteiger partial charge is 0.141 e. The van der Waals surface area contributed by atoms with Crippen LogP contribution in [0.25, 0.3) is 10.2 Å². The van der Waals surface area contributed by atoms with Gasteiger partial charge in [0.2, 0.25) is 0 Å². The minimum atomic E-state index is -0.455. The Kier molecular flexibility index (Phi) is 3.38. The quantitative estimate of drug-likeness (QED) is 0.924. The van der Waals surface area contributed by atoms with Crippen LogP contribution in [0.15, 0.2) is 11.4 Å². The lowest BCUT2D eigenvalue weighted by Crippen LogP contribution is -2.43. The number of thiophene rings is 1. The second-order valence-electron chi connectivity index (χ2n) is 4.69. The first-order chi connectivity index (χ1) is 9.20. The molecule has 0 aliphatic carbocycles. The lowest BCUT2D eigenvalue weighted by atomic mass is 10.1. The fourth-order valence-corrected chi connectivity index (χ4v) is 3.34. The van der Waals surface area contributed by atoms with Gasteiger partial charge in [-0.1, -0.05) is 0 Å². The van der Waals surface area contributed by atoms with Gasteiger partial charge in [-0.15, -0.1) is 11.3 Å². The van der Waals surface area contributed by atoms with E-state index in [0.29, 0.717) is 13.2 Å². The molecule has 5 nitrogen and oxygen atoms in total. The zero-order valence-electron chi connectivity index (χ0n) is 11.0. The molecule has 2 aromatic rings. The molecule has 2 atom stereocenters. The standard InChI is InChI=1S/C13H17N3O2S/c1-3-16(10-6-18-7-11(10)17)12-9-4-5-19-13(9)15-8(2)14-12/h4-5,10-11,17H,3,6-7H2,1-2H3/t10-,11-/m0/s1. The highest BCUT2D eigenvalue weighted by molar-refractivity contribution is 7.16. The summed E-state index contributed by atoms with van der Waals surface area (Å²) in [6, 6.07) is 2.02. The Labute approximate surface area is 115 Å². The third kappa shape index (κ3) is 2.20. The second-order valence-corrected chi connectivity index (χ2v) is 5.59. The molecule has 0 bridgehead atoms. The molecule has 0 aromatic carbocycles. The van der Waals surface area contributed by atoms with Gasteiger partial charge in [0.1, 0.15) is 16.5 Å². The fourth-order valence-electron chi connectivity index (χ4n) is 2.53. The van der Waals surface area contributed by atoms with Crippen LogP contribution < -0.4 is 4.90 Å². The molecule has 1 aliphatic heterocycles. The molecule has 1 aliphatic rings. The molecule has 1 saturated heterocycles. The number of hydrogen-bond donors (Lipinski definition) is 1. The van der Waals surface area contributed by atoms with Gasteiger partial charge in [-0.25, -0.2) is 9.97 Å². The minimum absolute atomic E-state index is 0.0256. The van der Waals surface area contributed by atoms with Gasteiger partial charge in [0.15, 0.2) is 0 Å². The number of nitrogens with zero attached hydrogens (tertiary/aromatic N) is 3. The number of hydrogen-bond acceptors (Lipinski definition) is 6. The lowest BCUT2D eigenvalue weighted by molar-refractivity contribution is 0.124. The number of anilines is 1. The van der Waals surface area contributed by atoms with E-state index >= 15 is 0 Å². The van der Waals surface area contributed by atoms with E-state index in [1.54, 1.807) is 11.3 Å². The molecule has 0 spiro atoms. The van der Waals surface area contributed by atoms with Crippen molar-refractivity contribution in [1.82, 2.24) is 9.97 Å². The summed E-state index contributed by atoms with van der Waals surface area (Å²) >= 11 is 1.62. The van der Waals surface area contributed by atoms with E-state index in [1.165, 1.54) is 0 Å². The van der Waals surface area contributed by atoms with Crippen molar-refractivity contribution in [2.75, 3.05) is 24.7 Å². The largest absolute Gasteiger partial charge is 0.388 e. The molecular weight excluding hydrogens is 262 g/mol. The maximum atomic E-state index is 10.0. The van der Waals surface area contributed by atoms with E-state index in [2.05, 4.69) is 21.8 Å². The van der Waals surface area contributed by atoms with Crippen LogP contribution in [0.4, 0.5) is 5.82 Å². The average molecular weight is 279 g/mol. The fraction of sp³-hybridized carbons (Fsp3) is 0.538. The molecule has 1 N–H and O–H groups in total. The molecule has 3 rings (SSSR count). The SMILES string of the molecule is CCN(c1nc(C)nc2sccc12)[C@H]1COC[C@@H]1O. The summed E-state index contributed by atoms with van der Waals surface area (Å²) in [5.41, 5.74) is 0. The van der Waals surface area contributed by atoms with Gasteiger partial charge in [0.25, 0.3) is 0 Å². The first-order valence-corrected chi connectivity index (χ1v) is 7.33. The highest BCUT2D eigenvalue weighted by Crippen LogP contribution is 2.30. The molecule has 0 radical (unpaired) electrons. The zero-order chi connectivity index (χ0) is 13.4. The Morgan fingerprint density at radius 1 is 1.47 bits per heavy atom. The Morgan fingerprint density at radius 3 is 3.00 bits per heavy atom. The van der Waals surface area contributed by atoms with Crippen molar-refractivity contribution in [2.24, 2.45) is 0 Å². The molecule has 0 saturated carbocycles. The lowest BCUT2D eigenvalue weighted by Gasteiger charge is -2.30. The molecule has 6 heteroatoms. The van der Waals surface area contributed by atoms with Crippen molar-refractivity contribution in [3.05, 3.63) is 17.3 Å². The summed E-state index contributed by atoms with van der Waals surface area (Å²) in [7, 11) is 0. The van der Waals surface area contributed by atoms with Crippen molar-refractivity contribution >= 4 is 27.4 Å². The number of ether oxygens (including phenoxy) is 1. The third-order valence-electron chi connectivity index (χ3n) is 3.45. The molecule has 0 amide bonds. The van der Waals surface area contributed by atoms with Crippen LogP contribution in [0, 0.1) is 6.92 Å². The van der Waals surface area contributed by atoms with E-state index in [4.69, 9.17) is 4.74 Å². The average Bonchev–Trinajstić information content (AvgIpc) is 2.99. The third-order valence-corrected chi connectivity index (χ3v) is 4.26. The molecule has 102 valence electrons. The van der Waals surface area contributed by atoms with Crippen molar-refractivity contribution in [3.8, 4) is 0 Å². The molecule has 2 aromatic heterocycles. The van der Waals surface area contributed by atoms with Gasteiger partial charge < -0.3 is 14.7 Å². The first-order valence-electron chi connectivity index (χ1n) is 6.45. The monoisotopic (exact) mass is 279 g/mol. The van der Waals surface area contributed by atoms with Gasteiger partial charge in [-0.05, 0) is 25.3 Å². The Bertz CT molecular complexity index is 586. The maximum Gasteiger partial charge on any atom is 0.141 e. The summed E-state index contributed by atoms with van der Waals surface area (Å²) in [6.45, 7) is 5.70. The van der Waals surface area contributed by atoms with Gasteiger partial charge >= 0.3 is 0 Å². The van der Waals surface area contributed by atoms with Crippen LogP contribution in [0.3, 0.4) is 0 Å². The number of aryl methyl sites for hydroxylation is 1. The summed E-state index contributed by atoms with van der Waals surface area (Å²) < 4.78 is 5.36. The molecular formula is C13H17N3O2S. The summed E-state index contributed by atoms with van der Waals surface area (Å²) in [6.07, 6.45) is -0.455. The van der Waals surface area contributed by atoms with Crippen molar-refractivity contribution in [1.29, 1.82) is 0 Å². The van der Waals surface area contributed by atoms with E-state index in [9.17, 15) is 5.11 Å². The van der Waals surface area contributed by atoms with Gasteiger partial charge in [0, 0.05) is 6.54 Å². The molecule has 3 heterocycles. The van der Waals surface area contributed by atoms with Crippen LogP contribution in [0.5, 0.6) is 0 Å². The number of aliphatic hydroxyl groups is 1. The summed E-state index contributed by atoms with van der Waals surface area (Å²) in [5, 5.41) is 13.1. The Balaban J connectivity index is 2.07. The van der Waals surface area contributed by atoms with Crippen molar-refractivity contribution < 1.29 is 9.84 Å². The zero-order valence-corrected chi connectivity index (χ0v) is 11.9. The predicted molar refractivity (Wildman–Crippen MR) is 75.8 cm³/mol. The van der Waals surface area contributed by atoms with E-state index in [1.807, 2.05) is 18.4 Å². The predicted octanol–water partition coefficient (Wildman–Crippen LogP) is 1.59. The van der Waals surface area contributed by atoms with E-state index in [-0.39, 0.29) is 6.04 Å². The minimum Gasteiger partial charge on any atom is -0.388 e. The molecule has 1 fully saturated rings. The number of fused-ring (bicyclic) bond motifs is 1. The van der Waals surface area contributed by atoms with Crippen LogP contribution in [0.1, 0.15) is 12.7 Å². The maximum absolute atomic E-state index is 10.0. The number of aromatic nitrogens is 2. The molecule has 0 unspecified atom stereocenters.